The SMILES string of the molecule is COC1(c2noc(CNCC(F)(F)F)n2)CCC(C)CC1. The molecule has 0 aliphatic heterocycles. The number of nitrogens with one attached hydrogen (secondary N) is 1. The molecule has 0 spiro atoms. The van der Waals surface area contributed by atoms with Crippen LogP contribution < -0.4 is 5.32 Å². The van der Waals surface area contributed by atoms with Crippen molar-refractivity contribution in [1.29, 1.82) is 0 Å². The predicted octanol–water partition coefficient (Wildman–Crippen LogP) is 2.77. The second-order valence-electron chi connectivity index (χ2n) is 5.61. The molecular weight excluding hydrogens is 287 g/mol. The molecule has 1 saturated carbocycles. The van der Waals surface area contributed by atoms with E-state index in [0.29, 0.717) is 11.7 Å². The highest BCUT2D eigenvalue weighted by Crippen LogP contribution is 2.40. The Morgan fingerprint density at radius 2 is 2.05 bits per heavy atom. The molecule has 0 bridgehead atoms. The van der Waals surface area contributed by atoms with E-state index >= 15 is 0 Å². The van der Waals surface area contributed by atoms with Gasteiger partial charge in [-0.15, -0.1) is 0 Å². The number of methoxy groups -OCH3 is 1. The highest BCUT2D eigenvalue weighted by molar-refractivity contribution is 5.03. The zero-order chi connectivity index (χ0) is 15.5. The summed E-state index contributed by atoms with van der Waals surface area (Å²) in [5, 5.41) is 6.12. The van der Waals surface area contributed by atoms with Crippen LogP contribution in [0.4, 0.5) is 13.2 Å². The van der Waals surface area contributed by atoms with Gasteiger partial charge in [-0.1, -0.05) is 12.1 Å². The van der Waals surface area contributed by atoms with E-state index in [2.05, 4.69) is 22.4 Å². The Morgan fingerprint density at radius 3 is 2.62 bits per heavy atom. The number of rotatable bonds is 5. The molecule has 2 rings (SSSR count). The van der Waals surface area contributed by atoms with Crippen LogP contribution in [0.2, 0.25) is 0 Å². The molecule has 0 aromatic carbocycles. The van der Waals surface area contributed by atoms with Gasteiger partial charge in [0.2, 0.25) is 11.7 Å². The van der Waals surface area contributed by atoms with Gasteiger partial charge in [-0.25, -0.2) is 0 Å². The van der Waals surface area contributed by atoms with Crippen molar-refractivity contribution in [2.75, 3.05) is 13.7 Å². The molecule has 1 aliphatic carbocycles. The molecule has 5 nitrogen and oxygen atoms in total. The Morgan fingerprint density at radius 1 is 1.38 bits per heavy atom. The largest absolute Gasteiger partial charge is 0.401 e. The molecule has 120 valence electrons. The Bertz CT molecular complexity index is 454. The lowest BCUT2D eigenvalue weighted by atomic mass is 9.79. The lowest BCUT2D eigenvalue weighted by Crippen LogP contribution is -2.34. The second-order valence-corrected chi connectivity index (χ2v) is 5.61. The molecule has 0 atom stereocenters. The minimum absolute atomic E-state index is 0.108. The van der Waals surface area contributed by atoms with E-state index < -0.39 is 18.3 Å². The molecule has 1 fully saturated rings. The molecule has 1 N–H and O–H groups in total. The summed E-state index contributed by atoms with van der Waals surface area (Å²) < 4.78 is 46.8. The molecule has 1 heterocycles. The van der Waals surface area contributed by atoms with Crippen LogP contribution in [-0.4, -0.2) is 30.0 Å². The molecule has 21 heavy (non-hydrogen) atoms. The normalized spacial score (nSPS) is 27.0. The van der Waals surface area contributed by atoms with Crippen molar-refractivity contribution in [3.8, 4) is 0 Å². The standard InChI is InChI=1S/C13H20F3N3O2/c1-9-3-5-12(20-2,6-4-9)11-18-10(21-19-11)7-17-8-13(14,15)16/h9,17H,3-8H2,1-2H3. The predicted molar refractivity (Wildman–Crippen MR) is 68.4 cm³/mol. The van der Waals surface area contributed by atoms with Gasteiger partial charge in [-0.3, -0.25) is 0 Å². The van der Waals surface area contributed by atoms with Gasteiger partial charge in [0, 0.05) is 7.11 Å². The average molecular weight is 307 g/mol. The summed E-state index contributed by atoms with van der Waals surface area (Å²) in [6.07, 6.45) is -0.663. The Kier molecular flexibility index (Phi) is 4.88. The maximum Gasteiger partial charge on any atom is 0.401 e. The third-order valence-electron chi connectivity index (χ3n) is 3.95. The molecule has 1 aromatic heterocycles. The zero-order valence-corrected chi connectivity index (χ0v) is 12.2. The highest BCUT2D eigenvalue weighted by Gasteiger charge is 2.40. The van der Waals surface area contributed by atoms with Crippen molar-refractivity contribution < 1.29 is 22.4 Å². The van der Waals surface area contributed by atoms with Gasteiger partial charge in [0.25, 0.3) is 0 Å². The van der Waals surface area contributed by atoms with E-state index in [9.17, 15) is 13.2 Å². The van der Waals surface area contributed by atoms with E-state index in [1.54, 1.807) is 7.11 Å². The van der Waals surface area contributed by atoms with Crippen LogP contribution >= 0.6 is 0 Å². The number of halogens is 3. The van der Waals surface area contributed by atoms with E-state index in [1.807, 2.05) is 0 Å². The van der Waals surface area contributed by atoms with Crippen molar-refractivity contribution in [3.05, 3.63) is 11.7 Å². The first-order chi connectivity index (χ1) is 9.85. The summed E-state index contributed by atoms with van der Waals surface area (Å²) in [6, 6.07) is 0. The summed E-state index contributed by atoms with van der Waals surface area (Å²) in [4.78, 5) is 4.19. The lowest BCUT2D eigenvalue weighted by molar-refractivity contribution is -0.125. The van der Waals surface area contributed by atoms with Gasteiger partial charge in [0.1, 0.15) is 5.60 Å². The second kappa shape index (κ2) is 6.31. The molecule has 0 radical (unpaired) electrons. The average Bonchev–Trinajstić information content (AvgIpc) is 2.88. The molecule has 0 unspecified atom stereocenters. The van der Waals surface area contributed by atoms with Crippen molar-refractivity contribution in [2.45, 2.75) is 50.9 Å². The highest BCUT2D eigenvalue weighted by atomic mass is 19.4. The summed E-state index contributed by atoms with van der Waals surface area (Å²) >= 11 is 0. The summed E-state index contributed by atoms with van der Waals surface area (Å²) in [6.45, 7) is 0.989. The van der Waals surface area contributed by atoms with E-state index in [1.165, 1.54) is 0 Å². The van der Waals surface area contributed by atoms with Crippen LogP contribution in [0.25, 0.3) is 0 Å². The van der Waals surface area contributed by atoms with Crippen molar-refractivity contribution in [2.24, 2.45) is 5.92 Å². The van der Waals surface area contributed by atoms with Crippen molar-refractivity contribution in [3.63, 3.8) is 0 Å². The van der Waals surface area contributed by atoms with Crippen LogP contribution in [0, 0.1) is 5.92 Å². The number of ether oxygens (including phenoxy) is 1. The van der Waals surface area contributed by atoms with Gasteiger partial charge in [-0.05, 0) is 31.6 Å². The first kappa shape index (κ1) is 16.2. The van der Waals surface area contributed by atoms with Gasteiger partial charge in [0.05, 0.1) is 13.1 Å². The quantitative estimate of drug-likeness (QED) is 0.906. The number of hydrogen-bond acceptors (Lipinski definition) is 5. The minimum Gasteiger partial charge on any atom is -0.370 e. The van der Waals surface area contributed by atoms with Gasteiger partial charge < -0.3 is 14.6 Å². The van der Waals surface area contributed by atoms with Crippen LogP contribution in [0.3, 0.4) is 0 Å². The van der Waals surface area contributed by atoms with Gasteiger partial charge >= 0.3 is 6.18 Å². The Labute approximate surface area is 121 Å². The fraction of sp³-hybridized carbons (Fsp3) is 0.846. The van der Waals surface area contributed by atoms with Crippen molar-refractivity contribution >= 4 is 0 Å². The minimum atomic E-state index is -4.25. The first-order valence-electron chi connectivity index (χ1n) is 7.00. The summed E-state index contributed by atoms with van der Waals surface area (Å²) in [5.41, 5.74) is -0.571. The molecule has 0 amide bonds. The van der Waals surface area contributed by atoms with E-state index in [4.69, 9.17) is 9.26 Å². The smallest absolute Gasteiger partial charge is 0.370 e. The maximum absolute atomic E-state index is 12.1. The lowest BCUT2D eigenvalue weighted by Gasteiger charge is -2.35. The van der Waals surface area contributed by atoms with Crippen LogP contribution in [-0.2, 0) is 16.9 Å². The van der Waals surface area contributed by atoms with Crippen LogP contribution in [0.1, 0.15) is 44.3 Å². The third-order valence-corrected chi connectivity index (χ3v) is 3.95. The molecular formula is C13H20F3N3O2. The van der Waals surface area contributed by atoms with E-state index in [-0.39, 0.29) is 12.4 Å². The maximum atomic E-state index is 12.1. The zero-order valence-electron chi connectivity index (χ0n) is 12.2. The van der Waals surface area contributed by atoms with Crippen LogP contribution in [0.15, 0.2) is 4.52 Å². The van der Waals surface area contributed by atoms with Crippen LogP contribution in [0.5, 0.6) is 0 Å². The third kappa shape index (κ3) is 4.16. The van der Waals surface area contributed by atoms with Gasteiger partial charge in [0.15, 0.2) is 0 Å². The fourth-order valence-corrected chi connectivity index (χ4v) is 2.57. The van der Waals surface area contributed by atoms with Crippen molar-refractivity contribution in [1.82, 2.24) is 15.5 Å². The topological polar surface area (TPSA) is 60.2 Å². The number of alkyl halides is 3. The fourth-order valence-electron chi connectivity index (χ4n) is 2.57. The molecule has 1 aliphatic rings. The Hall–Kier alpha value is -1.15. The number of hydrogen-bond donors (Lipinski definition) is 1. The summed E-state index contributed by atoms with van der Waals surface area (Å²) in [7, 11) is 1.61. The monoisotopic (exact) mass is 307 g/mol. The summed E-state index contributed by atoms with van der Waals surface area (Å²) in [5.74, 6) is 1.21. The molecule has 0 saturated heterocycles. The van der Waals surface area contributed by atoms with Gasteiger partial charge in [-0.2, -0.15) is 18.2 Å². The number of aromatic nitrogens is 2. The molecule has 1 aromatic rings. The Balaban J connectivity index is 1.98. The molecule has 8 heteroatoms. The van der Waals surface area contributed by atoms with E-state index in [0.717, 1.165) is 25.7 Å². The first-order valence-corrected chi connectivity index (χ1v) is 7.00. The number of nitrogens with zero attached hydrogens (tertiary/aromatic N) is 2.